The number of hydrogen-bond acceptors (Lipinski definition) is 10. The van der Waals surface area contributed by atoms with Crippen LogP contribution in [-0.2, 0) is 22.6 Å². The van der Waals surface area contributed by atoms with E-state index in [9.17, 15) is 34.8 Å². The number of aliphatic hydroxyl groups is 3. The second-order valence-corrected chi connectivity index (χ2v) is 10.5. The Labute approximate surface area is 213 Å². The first-order valence-electron chi connectivity index (χ1n) is 12.2. The molecule has 1 fully saturated rings. The molecule has 0 bridgehead atoms. The van der Waals surface area contributed by atoms with Crippen LogP contribution in [0.5, 0.6) is 11.5 Å². The number of aliphatic hydroxyl groups excluding tert-OH is 2. The van der Waals surface area contributed by atoms with Gasteiger partial charge in [0.25, 0.3) is 5.91 Å². The molecule has 1 aromatic carbocycles. The van der Waals surface area contributed by atoms with Crippen LogP contribution in [0.2, 0.25) is 0 Å². The number of likely N-dealkylation sites (N-methyl/N-ethyl adjacent to an activating group) is 1. The zero-order chi connectivity index (χ0) is 27.0. The van der Waals surface area contributed by atoms with Gasteiger partial charge >= 0.3 is 0 Å². The van der Waals surface area contributed by atoms with Crippen molar-refractivity contribution in [1.29, 1.82) is 0 Å². The molecule has 3 aliphatic carbocycles. The van der Waals surface area contributed by atoms with Crippen LogP contribution < -0.4 is 10.5 Å². The summed E-state index contributed by atoms with van der Waals surface area (Å²) in [6.45, 7) is 2.40. The third-order valence-electron chi connectivity index (χ3n) is 8.30. The summed E-state index contributed by atoms with van der Waals surface area (Å²) in [5.74, 6) is -6.21. The highest BCUT2D eigenvalue weighted by molar-refractivity contribution is 6.24. The first-order chi connectivity index (χ1) is 17.4. The Bertz CT molecular complexity index is 1290. The van der Waals surface area contributed by atoms with Gasteiger partial charge in [0.2, 0.25) is 5.78 Å². The molecule has 1 saturated heterocycles. The fourth-order valence-corrected chi connectivity index (χ4v) is 6.52. The van der Waals surface area contributed by atoms with Gasteiger partial charge in [0.1, 0.15) is 28.6 Å². The van der Waals surface area contributed by atoms with Gasteiger partial charge in [-0.05, 0) is 58.4 Å². The number of likely N-dealkylation sites (tertiary alicyclic amines) is 1. The highest BCUT2D eigenvalue weighted by Crippen LogP contribution is 2.53. The van der Waals surface area contributed by atoms with E-state index in [4.69, 9.17) is 10.5 Å². The Morgan fingerprint density at radius 1 is 1.24 bits per heavy atom. The molecule has 0 spiro atoms. The average molecular weight is 514 g/mol. The molecular formula is C26H31N3O8. The first kappa shape index (κ1) is 25.2. The maximum Gasteiger partial charge on any atom is 0.255 e. The number of hydrogen-bond donors (Lipinski definition) is 5. The number of Topliss-reactive ketones (excluding diaryl/α,β-unsaturated/α-hetero) is 2. The highest BCUT2D eigenvalue weighted by atomic mass is 16.5. The zero-order valence-corrected chi connectivity index (χ0v) is 20.9. The van der Waals surface area contributed by atoms with Crippen molar-refractivity contribution in [3.8, 4) is 11.5 Å². The lowest BCUT2D eigenvalue weighted by molar-refractivity contribution is -0.148. The van der Waals surface area contributed by atoms with Crippen LogP contribution in [0.1, 0.15) is 34.3 Å². The SMILES string of the molecule is COc1c(CN2CCC2)cc(O)c2c1C[C@H]1C[C@H]3[C@H](N(C)C)C(O)=C(C(N)=O)C(=O)[C@@]3(O)C(O)=C1C2=O. The minimum absolute atomic E-state index is 0.0338. The number of ether oxygens (including phenoxy) is 1. The third kappa shape index (κ3) is 3.41. The predicted molar refractivity (Wildman–Crippen MR) is 130 cm³/mol. The number of fused-ring (bicyclic) bond motifs is 3. The molecule has 6 N–H and O–H groups in total. The minimum atomic E-state index is -2.65. The summed E-state index contributed by atoms with van der Waals surface area (Å²) >= 11 is 0. The fraction of sp³-hybridized carbons (Fsp3) is 0.500. The lowest BCUT2D eigenvalue weighted by Crippen LogP contribution is -2.63. The van der Waals surface area contributed by atoms with Gasteiger partial charge in [0.05, 0.1) is 18.7 Å². The summed E-state index contributed by atoms with van der Waals surface area (Å²) in [4.78, 5) is 42.8. The van der Waals surface area contributed by atoms with Gasteiger partial charge in [-0.1, -0.05) is 0 Å². The summed E-state index contributed by atoms with van der Waals surface area (Å²) in [7, 11) is 4.68. The standard InChI is InChI=1S/C26H31N3O8/c1-28(2)19-14-8-11-7-13-17(15(30)9-12(22(13)37-3)10-29-5-4-6-29)20(31)16(11)23(33)26(14,36)24(34)18(21(19)32)25(27)35/h9,11,14,19,30,32-33,36H,4-8,10H2,1-3H3,(H2,27,35)/t11-,14-,19-,26-/m0/s1. The topological polar surface area (TPSA) is 174 Å². The summed E-state index contributed by atoms with van der Waals surface area (Å²) in [6.07, 6.45) is 1.31. The molecule has 1 aromatic rings. The molecule has 198 valence electrons. The molecule has 4 aliphatic rings. The van der Waals surface area contributed by atoms with Crippen molar-refractivity contribution in [3.05, 3.63) is 45.4 Å². The van der Waals surface area contributed by atoms with Crippen molar-refractivity contribution < 1.29 is 39.5 Å². The summed E-state index contributed by atoms with van der Waals surface area (Å²) in [5.41, 5.74) is 2.87. The molecule has 5 rings (SSSR count). The van der Waals surface area contributed by atoms with Crippen LogP contribution in [0, 0.1) is 11.8 Å². The molecule has 0 saturated carbocycles. The molecule has 11 heteroatoms. The number of rotatable bonds is 5. The number of phenols is 1. The first-order valence-corrected chi connectivity index (χ1v) is 12.2. The number of carbonyl (C=O) groups excluding carboxylic acids is 3. The van der Waals surface area contributed by atoms with E-state index in [1.54, 1.807) is 14.1 Å². The molecule has 37 heavy (non-hydrogen) atoms. The van der Waals surface area contributed by atoms with Gasteiger partial charge in [-0.15, -0.1) is 0 Å². The Morgan fingerprint density at radius 2 is 1.92 bits per heavy atom. The molecular weight excluding hydrogens is 482 g/mol. The largest absolute Gasteiger partial charge is 0.510 e. The smallest absolute Gasteiger partial charge is 0.255 e. The Hall–Kier alpha value is -3.41. The Balaban J connectivity index is 1.68. The van der Waals surface area contributed by atoms with Crippen molar-refractivity contribution in [3.63, 3.8) is 0 Å². The van der Waals surface area contributed by atoms with Crippen LogP contribution in [0.25, 0.3) is 0 Å². The van der Waals surface area contributed by atoms with E-state index in [2.05, 4.69) is 4.90 Å². The number of benzene rings is 1. The number of methoxy groups -OCH3 is 1. The maximum atomic E-state index is 13.7. The lowest BCUT2D eigenvalue weighted by Gasteiger charge is -2.50. The number of phenolic OH excluding ortho intramolecular Hbond substituents is 1. The summed E-state index contributed by atoms with van der Waals surface area (Å²) in [6, 6.07) is 0.449. The van der Waals surface area contributed by atoms with Gasteiger partial charge in [-0.25, -0.2) is 0 Å². The van der Waals surface area contributed by atoms with Crippen molar-refractivity contribution in [1.82, 2.24) is 9.80 Å². The van der Waals surface area contributed by atoms with Gasteiger partial charge < -0.3 is 30.9 Å². The van der Waals surface area contributed by atoms with Gasteiger partial charge in [-0.3, -0.25) is 24.2 Å². The molecule has 0 unspecified atom stereocenters. The van der Waals surface area contributed by atoms with E-state index in [0.29, 0.717) is 17.9 Å². The van der Waals surface area contributed by atoms with E-state index in [1.165, 1.54) is 18.1 Å². The van der Waals surface area contributed by atoms with Crippen molar-refractivity contribution in [2.45, 2.75) is 37.5 Å². The Kier molecular flexibility index (Phi) is 5.85. The number of carbonyl (C=O) groups is 3. The number of primary amides is 1. The molecule has 1 heterocycles. The van der Waals surface area contributed by atoms with Crippen LogP contribution in [0.3, 0.4) is 0 Å². The van der Waals surface area contributed by atoms with Crippen molar-refractivity contribution >= 4 is 17.5 Å². The molecule has 1 aliphatic heterocycles. The average Bonchev–Trinajstić information content (AvgIpc) is 2.78. The van der Waals surface area contributed by atoms with Gasteiger partial charge in [0, 0.05) is 29.2 Å². The number of allylic oxidation sites excluding steroid dienone is 1. The fourth-order valence-electron chi connectivity index (χ4n) is 6.52. The molecule has 11 nitrogen and oxygen atoms in total. The molecule has 0 radical (unpaired) electrons. The highest BCUT2D eigenvalue weighted by Gasteiger charge is 2.63. The van der Waals surface area contributed by atoms with Crippen LogP contribution in [0.15, 0.2) is 28.7 Å². The second kappa shape index (κ2) is 8.57. The van der Waals surface area contributed by atoms with E-state index < -0.39 is 58.0 Å². The number of aromatic hydroxyl groups is 1. The minimum Gasteiger partial charge on any atom is -0.510 e. The molecule has 0 aromatic heterocycles. The zero-order valence-electron chi connectivity index (χ0n) is 20.9. The summed E-state index contributed by atoms with van der Waals surface area (Å²) < 4.78 is 5.70. The second-order valence-electron chi connectivity index (χ2n) is 10.5. The molecule has 4 atom stereocenters. The summed E-state index contributed by atoms with van der Waals surface area (Å²) in [5, 5.41) is 44.7. The monoisotopic (exact) mass is 513 g/mol. The third-order valence-corrected chi connectivity index (χ3v) is 8.30. The Morgan fingerprint density at radius 3 is 2.46 bits per heavy atom. The van der Waals surface area contributed by atoms with E-state index in [1.807, 2.05) is 0 Å². The number of nitrogens with zero attached hydrogens (tertiary/aromatic N) is 2. The maximum absolute atomic E-state index is 13.7. The van der Waals surface area contributed by atoms with Crippen molar-refractivity contribution in [2.75, 3.05) is 34.3 Å². The number of nitrogens with two attached hydrogens (primary N) is 1. The van der Waals surface area contributed by atoms with Crippen LogP contribution >= 0.6 is 0 Å². The van der Waals surface area contributed by atoms with E-state index in [0.717, 1.165) is 25.1 Å². The number of ketones is 2. The van der Waals surface area contributed by atoms with E-state index >= 15 is 0 Å². The quantitative estimate of drug-likeness (QED) is 0.345. The van der Waals surface area contributed by atoms with Gasteiger partial charge in [0.15, 0.2) is 11.4 Å². The van der Waals surface area contributed by atoms with Gasteiger partial charge in [-0.2, -0.15) is 0 Å². The normalized spacial score (nSPS) is 29.6. The van der Waals surface area contributed by atoms with E-state index in [-0.39, 0.29) is 29.7 Å². The van der Waals surface area contributed by atoms with Crippen LogP contribution in [0.4, 0.5) is 0 Å². The lowest BCUT2D eigenvalue weighted by atomic mass is 9.58. The van der Waals surface area contributed by atoms with Crippen LogP contribution in [-0.4, -0.2) is 93.6 Å². The predicted octanol–water partition coefficient (Wildman–Crippen LogP) is 0.335. The molecule has 1 amide bonds. The van der Waals surface area contributed by atoms with Crippen molar-refractivity contribution in [2.24, 2.45) is 17.6 Å². The number of amides is 1.